The van der Waals surface area contributed by atoms with Gasteiger partial charge in [0.15, 0.2) is 6.20 Å². The van der Waals surface area contributed by atoms with E-state index in [9.17, 15) is 0 Å². The summed E-state index contributed by atoms with van der Waals surface area (Å²) >= 11 is 0. The van der Waals surface area contributed by atoms with Gasteiger partial charge in [-0.05, 0) is 24.3 Å². The fraction of sp³-hybridized carbons (Fsp3) is 0.773. The van der Waals surface area contributed by atoms with E-state index >= 15 is 0 Å². The van der Waals surface area contributed by atoms with Crippen LogP contribution in [0.3, 0.4) is 0 Å². The third-order valence-corrected chi connectivity index (χ3v) is 4.48. The van der Waals surface area contributed by atoms with Crippen LogP contribution in [0.15, 0.2) is 24.4 Å². The Morgan fingerprint density at radius 3 is 1.88 bits per heavy atom. The number of hydrogen-bond donors (Lipinski definition) is 0. The van der Waals surface area contributed by atoms with E-state index in [0.29, 0.717) is 5.41 Å². The third kappa shape index (κ3) is 10.9. The van der Waals surface area contributed by atoms with E-state index in [1.165, 1.54) is 70.2 Å². The van der Waals surface area contributed by atoms with Gasteiger partial charge in [0.05, 0.1) is 13.1 Å². The lowest BCUT2D eigenvalue weighted by Gasteiger charge is -2.23. The SMILES string of the molecule is CCCCCCN(CCCCCC)[n+]1ccccc1CC(C)(C)C.[Br-]. The summed E-state index contributed by atoms with van der Waals surface area (Å²) in [5.41, 5.74) is 1.76. The van der Waals surface area contributed by atoms with Crippen LogP contribution < -0.4 is 26.7 Å². The van der Waals surface area contributed by atoms with Crippen molar-refractivity contribution in [3.8, 4) is 0 Å². The molecule has 25 heavy (non-hydrogen) atoms. The fourth-order valence-corrected chi connectivity index (χ4v) is 3.20. The molecular formula is C22H41BrN2. The number of rotatable bonds is 12. The molecule has 0 aromatic carbocycles. The maximum absolute atomic E-state index is 2.59. The molecule has 1 aromatic heterocycles. The molecule has 0 aliphatic heterocycles. The number of hydrogen-bond acceptors (Lipinski definition) is 1. The largest absolute Gasteiger partial charge is 1.00 e. The first-order chi connectivity index (χ1) is 11.5. The molecule has 146 valence electrons. The summed E-state index contributed by atoms with van der Waals surface area (Å²) in [6, 6.07) is 6.66. The number of nitrogens with zero attached hydrogens (tertiary/aromatic N) is 2. The van der Waals surface area contributed by atoms with Crippen LogP contribution in [0.4, 0.5) is 0 Å². The summed E-state index contributed by atoms with van der Waals surface area (Å²) in [5.74, 6) is 0. The van der Waals surface area contributed by atoms with E-state index in [-0.39, 0.29) is 17.0 Å². The highest BCUT2D eigenvalue weighted by molar-refractivity contribution is 5.00. The maximum Gasteiger partial charge on any atom is 0.212 e. The molecule has 0 saturated carbocycles. The van der Waals surface area contributed by atoms with Crippen molar-refractivity contribution in [2.24, 2.45) is 5.41 Å². The highest BCUT2D eigenvalue weighted by Gasteiger charge is 2.23. The van der Waals surface area contributed by atoms with Crippen LogP contribution >= 0.6 is 0 Å². The van der Waals surface area contributed by atoms with Gasteiger partial charge >= 0.3 is 0 Å². The van der Waals surface area contributed by atoms with Crippen molar-refractivity contribution in [1.29, 1.82) is 0 Å². The number of halogens is 1. The molecule has 0 bridgehead atoms. The Hall–Kier alpha value is -0.570. The molecule has 0 atom stereocenters. The first-order valence-corrected chi connectivity index (χ1v) is 10.2. The van der Waals surface area contributed by atoms with E-state index in [0.717, 1.165) is 6.42 Å². The zero-order valence-corrected chi connectivity index (χ0v) is 18.9. The van der Waals surface area contributed by atoms with Crippen LogP contribution in [-0.4, -0.2) is 13.1 Å². The van der Waals surface area contributed by atoms with Crippen LogP contribution in [0, 0.1) is 5.41 Å². The number of pyridine rings is 1. The van der Waals surface area contributed by atoms with Crippen molar-refractivity contribution < 1.29 is 21.7 Å². The quantitative estimate of drug-likeness (QED) is 0.378. The second-order valence-corrected chi connectivity index (χ2v) is 8.35. The van der Waals surface area contributed by atoms with Crippen molar-refractivity contribution in [3.63, 3.8) is 0 Å². The van der Waals surface area contributed by atoms with Gasteiger partial charge < -0.3 is 17.0 Å². The van der Waals surface area contributed by atoms with Gasteiger partial charge in [-0.3, -0.25) is 0 Å². The standard InChI is InChI=1S/C22H41N2.BrH/c1-6-8-10-13-17-23(18-14-11-9-7-2)24-19-15-12-16-21(24)20-22(3,4)5;/h12,15-16,19H,6-11,13-14,17-18,20H2,1-5H3;1H/q+1;/p-1. The van der Waals surface area contributed by atoms with Gasteiger partial charge in [0.1, 0.15) is 0 Å². The van der Waals surface area contributed by atoms with Gasteiger partial charge in [-0.1, -0.05) is 77.8 Å². The van der Waals surface area contributed by atoms with Crippen molar-refractivity contribution in [2.45, 2.75) is 92.4 Å². The molecule has 1 aromatic rings. The second kappa shape index (κ2) is 13.6. The van der Waals surface area contributed by atoms with E-state index in [1.54, 1.807) is 0 Å². The second-order valence-electron chi connectivity index (χ2n) is 8.35. The van der Waals surface area contributed by atoms with E-state index in [4.69, 9.17) is 0 Å². The summed E-state index contributed by atoms with van der Waals surface area (Å²) < 4.78 is 2.45. The van der Waals surface area contributed by atoms with E-state index in [1.807, 2.05) is 0 Å². The molecule has 0 unspecified atom stereocenters. The summed E-state index contributed by atoms with van der Waals surface area (Å²) in [7, 11) is 0. The van der Waals surface area contributed by atoms with Gasteiger partial charge in [0.25, 0.3) is 0 Å². The molecule has 2 nitrogen and oxygen atoms in total. The molecule has 0 amide bonds. The van der Waals surface area contributed by atoms with Gasteiger partial charge in [-0.15, -0.1) is 0 Å². The van der Waals surface area contributed by atoms with Crippen molar-refractivity contribution in [2.75, 3.05) is 18.1 Å². The normalized spacial score (nSPS) is 11.2. The van der Waals surface area contributed by atoms with Crippen LogP contribution in [-0.2, 0) is 6.42 Å². The highest BCUT2D eigenvalue weighted by Crippen LogP contribution is 2.18. The van der Waals surface area contributed by atoms with Gasteiger partial charge in [0.2, 0.25) is 5.69 Å². The molecular weight excluding hydrogens is 372 g/mol. The molecule has 0 spiro atoms. The Balaban J connectivity index is 0.00000576. The Labute approximate surface area is 167 Å². The topological polar surface area (TPSA) is 7.12 Å². The Morgan fingerprint density at radius 2 is 1.40 bits per heavy atom. The smallest absolute Gasteiger partial charge is 0.212 e. The molecule has 1 rings (SSSR count). The molecule has 1 heterocycles. The molecule has 0 saturated heterocycles. The lowest BCUT2D eigenvalue weighted by Crippen LogP contribution is -3.00. The summed E-state index contributed by atoms with van der Waals surface area (Å²) in [6.45, 7) is 13.9. The molecule has 0 aliphatic rings. The minimum absolute atomic E-state index is 0. The minimum atomic E-state index is 0. The first-order valence-electron chi connectivity index (χ1n) is 10.2. The molecule has 0 aliphatic carbocycles. The average Bonchev–Trinajstić information content (AvgIpc) is 2.53. The third-order valence-electron chi connectivity index (χ3n) is 4.48. The number of aromatic nitrogens is 1. The predicted octanol–water partition coefficient (Wildman–Crippen LogP) is 2.67. The van der Waals surface area contributed by atoms with Gasteiger partial charge in [-0.25, -0.2) is 0 Å². The summed E-state index contributed by atoms with van der Waals surface area (Å²) in [6.07, 6.45) is 14.0. The maximum atomic E-state index is 2.59. The monoisotopic (exact) mass is 412 g/mol. The van der Waals surface area contributed by atoms with Crippen molar-refractivity contribution >= 4 is 0 Å². The fourth-order valence-electron chi connectivity index (χ4n) is 3.20. The Kier molecular flexibility index (Phi) is 13.3. The van der Waals surface area contributed by atoms with Crippen LogP contribution in [0.2, 0.25) is 0 Å². The van der Waals surface area contributed by atoms with Crippen LogP contribution in [0.25, 0.3) is 0 Å². The van der Waals surface area contributed by atoms with Crippen molar-refractivity contribution in [1.82, 2.24) is 0 Å². The predicted molar refractivity (Wildman–Crippen MR) is 106 cm³/mol. The Morgan fingerprint density at radius 1 is 0.840 bits per heavy atom. The average molecular weight is 413 g/mol. The van der Waals surface area contributed by atoms with Crippen LogP contribution in [0.1, 0.15) is 91.7 Å². The molecule has 0 N–H and O–H groups in total. The molecule has 0 radical (unpaired) electrons. The zero-order valence-electron chi connectivity index (χ0n) is 17.4. The van der Waals surface area contributed by atoms with Gasteiger partial charge in [-0.2, -0.15) is 5.01 Å². The summed E-state index contributed by atoms with van der Waals surface area (Å²) in [5, 5.41) is 2.59. The summed E-state index contributed by atoms with van der Waals surface area (Å²) in [4.78, 5) is 0. The highest BCUT2D eigenvalue weighted by atomic mass is 79.9. The Bertz CT molecular complexity index is 428. The van der Waals surface area contributed by atoms with Gasteiger partial charge in [0, 0.05) is 18.6 Å². The van der Waals surface area contributed by atoms with E-state index < -0.39 is 0 Å². The van der Waals surface area contributed by atoms with Crippen molar-refractivity contribution in [3.05, 3.63) is 30.1 Å². The lowest BCUT2D eigenvalue weighted by molar-refractivity contribution is -0.701. The molecule has 3 heteroatoms. The zero-order chi connectivity index (χ0) is 17.8. The number of unbranched alkanes of at least 4 members (excludes halogenated alkanes) is 6. The van der Waals surface area contributed by atoms with E-state index in [2.05, 4.69) is 68.7 Å². The molecule has 0 fully saturated rings. The van der Waals surface area contributed by atoms with Crippen LogP contribution in [0.5, 0.6) is 0 Å². The minimum Gasteiger partial charge on any atom is -1.00 e. The first kappa shape index (κ1) is 24.4. The lowest BCUT2D eigenvalue weighted by atomic mass is 9.90.